The highest BCUT2D eigenvalue weighted by atomic mass is 35.5. The Bertz CT molecular complexity index is 457. The van der Waals surface area contributed by atoms with Crippen LogP contribution in [0.4, 0.5) is 10.5 Å². The molecule has 20 heavy (non-hydrogen) atoms. The highest BCUT2D eigenvalue weighted by molar-refractivity contribution is 6.31. The molecule has 5 heteroatoms. The molecule has 4 nitrogen and oxygen atoms in total. The minimum absolute atomic E-state index is 0.197. The minimum atomic E-state index is -0.197. The third kappa shape index (κ3) is 4.30. The number of benzene rings is 1. The summed E-state index contributed by atoms with van der Waals surface area (Å²) in [5.74, 6) is 0.602. The molecular formula is C15H21ClN2O2. The predicted octanol–water partition coefficient (Wildman–Crippen LogP) is 4.19. The van der Waals surface area contributed by atoms with Gasteiger partial charge in [-0.1, -0.05) is 37.3 Å². The molecule has 1 aliphatic rings. The Morgan fingerprint density at radius 2 is 1.95 bits per heavy atom. The molecular weight excluding hydrogens is 276 g/mol. The lowest BCUT2D eigenvalue weighted by molar-refractivity contribution is 0.247. The number of halogens is 1. The normalized spacial score (nSPS) is 16.3. The van der Waals surface area contributed by atoms with Gasteiger partial charge >= 0.3 is 6.03 Å². The van der Waals surface area contributed by atoms with Crippen LogP contribution in [0, 0.1) is 0 Å². The monoisotopic (exact) mass is 296 g/mol. The summed E-state index contributed by atoms with van der Waals surface area (Å²) in [4.78, 5) is 12.1. The van der Waals surface area contributed by atoms with E-state index in [1.807, 2.05) is 0 Å². The Hall–Kier alpha value is -1.42. The van der Waals surface area contributed by atoms with E-state index < -0.39 is 0 Å². The van der Waals surface area contributed by atoms with Gasteiger partial charge in [0.15, 0.2) is 0 Å². The lowest BCUT2D eigenvalue weighted by Gasteiger charge is -2.17. The van der Waals surface area contributed by atoms with E-state index in [9.17, 15) is 4.79 Å². The molecule has 1 fully saturated rings. The fourth-order valence-corrected chi connectivity index (χ4v) is 2.72. The highest BCUT2D eigenvalue weighted by Crippen LogP contribution is 2.27. The second-order valence-corrected chi connectivity index (χ2v) is 5.57. The van der Waals surface area contributed by atoms with E-state index in [2.05, 4.69) is 10.6 Å². The van der Waals surface area contributed by atoms with E-state index in [4.69, 9.17) is 16.3 Å². The summed E-state index contributed by atoms with van der Waals surface area (Å²) < 4.78 is 5.21. The Labute approximate surface area is 124 Å². The summed E-state index contributed by atoms with van der Waals surface area (Å²) >= 11 is 5.94. The first-order valence-corrected chi connectivity index (χ1v) is 7.48. The highest BCUT2D eigenvalue weighted by Gasteiger charge is 2.15. The average molecular weight is 297 g/mol. The summed E-state index contributed by atoms with van der Waals surface area (Å²) in [5.41, 5.74) is 0.589. The van der Waals surface area contributed by atoms with E-state index in [1.54, 1.807) is 25.3 Å². The van der Waals surface area contributed by atoms with Crippen molar-refractivity contribution in [2.75, 3.05) is 12.4 Å². The maximum absolute atomic E-state index is 12.1. The molecule has 0 radical (unpaired) electrons. The summed E-state index contributed by atoms with van der Waals surface area (Å²) in [6.45, 7) is 0. The smallest absolute Gasteiger partial charge is 0.319 e. The number of anilines is 1. The molecule has 2 N–H and O–H groups in total. The number of carbonyl (C=O) groups is 1. The number of methoxy groups -OCH3 is 1. The standard InChI is InChI=1S/C15H21ClN2O2/c1-20-14-9-8-11(16)10-13(14)18-15(19)17-12-6-4-2-3-5-7-12/h8-10,12H,2-7H2,1H3,(H2,17,18,19). The van der Waals surface area contributed by atoms with Crippen LogP contribution in [0.25, 0.3) is 0 Å². The third-order valence-electron chi connectivity index (χ3n) is 3.60. The molecule has 0 aliphatic heterocycles. The van der Waals surface area contributed by atoms with Gasteiger partial charge in [0.1, 0.15) is 5.75 Å². The lowest BCUT2D eigenvalue weighted by atomic mass is 10.1. The second kappa shape index (κ2) is 7.39. The Kier molecular flexibility index (Phi) is 5.53. The molecule has 0 heterocycles. The maximum atomic E-state index is 12.1. The SMILES string of the molecule is COc1ccc(Cl)cc1NC(=O)NC1CCCCCC1. The Balaban J connectivity index is 1.95. The lowest BCUT2D eigenvalue weighted by Crippen LogP contribution is -2.37. The zero-order valence-corrected chi connectivity index (χ0v) is 12.5. The van der Waals surface area contributed by atoms with Crippen LogP contribution in [-0.2, 0) is 0 Å². The number of carbonyl (C=O) groups excluding carboxylic acids is 1. The number of ether oxygens (including phenoxy) is 1. The largest absolute Gasteiger partial charge is 0.495 e. The zero-order chi connectivity index (χ0) is 14.4. The molecule has 0 atom stereocenters. The van der Waals surface area contributed by atoms with Crippen LogP contribution in [0.5, 0.6) is 5.75 Å². The van der Waals surface area contributed by atoms with Crippen LogP contribution in [0.1, 0.15) is 38.5 Å². The van der Waals surface area contributed by atoms with Crippen molar-refractivity contribution in [3.63, 3.8) is 0 Å². The topological polar surface area (TPSA) is 50.4 Å². The number of urea groups is 1. The maximum Gasteiger partial charge on any atom is 0.319 e. The van der Waals surface area contributed by atoms with Crippen molar-refractivity contribution in [3.8, 4) is 5.75 Å². The van der Waals surface area contributed by atoms with Gasteiger partial charge in [-0.2, -0.15) is 0 Å². The van der Waals surface area contributed by atoms with Crippen molar-refractivity contribution in [1.82, 2.24) is 5.32 Å². The number of hydrogen-bond acceptors (Lipinski definition) is 2. The van der Waals surface area contributed by atoms with Gasteiger partial charge in [0.05, 0.1) is 12.8 Å². The Morgan fingerprint density at radius 3 is 2.60 bits per heavy atom. The van der Waals surface area contributed by atoms with Gasteiger partial charge in [0, 0.05) is 11.1 Å². The van der Waals surface area contributed by atoms with Crippen molar-refractivity contribution in [2.24, 2.45) is 0 Å². The first kappa shape index (κ1) is 15.0. The average Bonchev–Trinajstić information content (AvgIpc) is 2.67. The quantitative estimate of drug-likeness (QED) is 0.822. The fraction of sp³-hybridized carbons (Fsp3) is 0.533. The summed E-state index contributed by atoms with van der Waals surface area (Å²) in [6.07, 6.45) is 7.01. The number of rotatable bonds is 3. The molecule has 0 bridgehead atoms. The Morgan fingerprint density at radius 1 is 1.25 bits per heavy atom. The summed E-state index contributed by atoms with van der Waals surface area (Å²) in [6, 6.07) is 5.23. The van der Waals surface area contributed by atoms with E-state index in [-0.39, 0.29) is 12.1 Å². The molecule has 1 aliphatic carbocycles. The molecule has 0 aromatic heterocycles. The summed E-state index contributed by atoms with van der Waals surface area (Å²) in [5, 5.41) is 6.41. The van der Waals surface area contributed by atoms with Crippen molar-refractivity contribution in [2.45, 2.75) is 44.6 Å². The van der Waals surface area contributed by atoms with Gasteiger partial charge in [0.2, 0.25) is 0 Å². The van der Waals surface area contributed by atoms with Crippen LogP contribution in [0.3, 0.4) is 0 Å². The van der Waals surface area contributed by atoms with E-state index in [0.717, 1.165) is 12.8 Å². The van der Waals surface area contributed by atoms with Gasteiger partial charge in [-0.3, -0.25) is 0 Å². The van der Waals surface area contributed by atoms with Gasteiger partial charge in [-0.15, -0.1) is 0 Å². The van der Waals surface area contributed by atoms with E-state index >= 15 is 0 Å². The first-order chi connectivity index (χ1) is 9.69. The number of amides is 2. The molecule has 2 amide bonds. The first-order valence-electron chi connectivity index (χ1n) is 7.10. The van der Waals surface area contributed by atoms with Crippen LogP contribution >= 0.6 is 11.6 Å². The van der Waals surface area contributed by atoms with Gasteiger partial charge in [-0.25, -0.2) is 4.79 Å². The molecule has 0 spiro atoms. The van der Waals surface area contributed by atoms with Gasteiger partial charge in [0.25, 0.3) is 0 Å². The molecule has 1 aromatic rings. The van der Waals surface area contributed by atoms with E-state index in [1.165, 1.54) is 25.7 Å². The van der Waals surface area contributed by atoms with Crippen molar-refractivity contribution < 1.29 is 9.53 Å². The molecule has 0 saturated heterocycles. The molecule has 1 saturated carbocycles. The third-order valence-corrected chi connectivity index (χ3v) is 3.84. The van der Waals surface area contributed by atoms with E-state index in [0.29, 0.717) is 16.5 Å². The van der Waals surface area contributed by atoms with Gasteiger partial charge in [-0.05, 0) is 31.0 Å². The fourth-order valence-electron chi connectivity index (χ4n) is 2.55. The molecule has 0 unspecified atom stereocenters. The van der Waals surface area contributed by atoms with Crippen LogP contribution in [0.2, 0.25) is 5.02 Å². The zero-order valence-electron chi connectivity index (χ0n) is 11.7. The predicted molar refractivity (Wildman–Crippen MR) is 81.6 cm³/mol. The van der Waals surface area contributed by atoms with Crippen molar-refractivity contribution >= 4 is 23.3 Å². The molecule has 110 valence electrons. The van der Waals surface area contributed by atoms with Crippen molar-refractivity contribution in [1.29, 1.82) is 0 Å². The summed E-state index contributed by atoms with van der Waals surface area (Å²) in [7, 11) is 1.57. The minimum Gasteiger partial charge on any atom is -0.495 e. The van der Waals surface area contributed by atoms with Gasteiger partial charge < -0.3 is 15.4 Å². The molecule has 1 aromatic carbocycles. The van der Waals surface area contributed by atoms with Crippen LogP contribution in [0.15, 0.2) is 18.2 Å². The number of hydrogen-bond donors (Lipinski definition) is 2. The molecule has 2 rings (SSSR count). The van der Waals surface area contributed by atoms with Crippen LogP contribution < -0.4 is 15.4 Å². The van der Waals surface area contributed by atoms with Crippen LogP contribution in [-0.4, -0.2) is 19.2 Å². The number of nitrogens with one attached hydrogen (secondary N) is 2. The van der Waals surface area contributed by atoms with Crippen molar-refractivity contribution in [3.05, 3.63) is 23.2 Å². The second-order valence-electron chi connectivity index (χ2n) is 5.13.